The first-order valence-corrected chi connectivity index (χ1v) is 21.0. The third kappa shape index (κ3) is 8.15. The Bertz CT molecular complexity index is 1620. The van der Waals surface area contributed by atoms with Crippen LogP contribution in [0, 0.1) is 23.7 Å². The Morgan fingerprint density at radius 3 is 2.64 bits per heavy atom. The van der Waals surface area contributed by atoms with E-state index >= 15 is 0 Å². The van der Waals surface area contributed by atoms with Gasteiger partial charge in [0.25, 0.3) is 5.91 Å². The molecule has 5 aliphatic rings. The molecule has 2 saturated heterocycles. The summed E-state index contributed by atoms with van der Waals surface area (Å²) in [6, 6.07) is 11.9. The molecule has 0 aromatic heterocycles. The average Bonchev–Trinajstić information content (AvgIpc) is 3.12. The molecule has 9 nitrogen and oxygen atoms in total. The van der Waals surface area contributed by atoms with E-state index in [1.807, 2.05) is 31.2 Å². The number of sulfonamides is 1. The molecule has 1 N–H and O–H groups in total. The molecule has 7 rings (SSSR count). The summed E-state index contributed by atoms with van der Waals surface area (Å²) in [4.78, 5) is 21.3. The Labute approximate surface area is 304 Å². The highest BCUT2D eigenvalue weighted by Gasteiger charge is 2.40. The van der Waals surface area contributed by atoms with E-state index in [0.717, 1.165) is 120 Å². The monoisotopic (exact) mass is 726 g/mol. The van der Waals surface area contributed by atoms with Crippen molar-refractivity contribution in [3.05, 3.63) is 58.1 Å². The Balaban J connectivity index is 1.19. The lowest BCUT2D eigenvalue weighted by Crippen LogP contribution is -2.59. The zero-order valence-corrected chi connectivity index (χ0v) is 31.4. The zero-order chi connectivity index (χ0) is 34.8. The van der Waals surface area contributed by atoms with E-state index in [-0.39, 0.29) is 5.92 Å². The number of rotatable bonds is 2. The lowest BCUT2D eigenvalue weighted by atomic mass is 9.65. The molecule has 4 heterocycles. The zero-order valence-electron chi connectivity index (χ0n) is 29.8. The van der Waals surface area contributed by atoms with Gasteiger partial charge in [-0.15, -0.1) is 0 Å². The van der Waals surface area contributed by atoms with Crippen LogP contribution in [0.25, 0.3) is 0 Å². The minimum atomic E-state index is -3.87. The molecular formula is C39H55ClN4O5S. The van der Waals surface area contributed by atoms with Crippen molar-refractivity contribution < 1.29 is 22.7 Å². The number of halogens is 1. The lowest BCUT2D eigenvalue weighted by Gasteiger charge is -2.48. The van der Waals surface area contributed by atoms with Crippen molar-refractivity contribution in [3.8, 4) is 5.75 Å². The van der Waals surface area contributed by atoms with Crippen LogP contribution < -0.4 is 14.4 Å². The summed E-state index contributed by atoms with van der Waals surface area (Å²) in [7, 11) is -3.87. The van der Waals surface area contributed by atoms with Gasteiger partial charge in [-0.2, -0.15) is 0 Å². The number of morpholine rings is 1. The molecule has 274 valence electrons. The van der Waals surface area contributed by atoms with Gasteiger partial charge in [0, 0.05) is 62.4 Å². The van der Waals surface area contributed by atoms with E-state index < -0.39 is 21.2 Å². The van der Waals surface area contributed by atoms with E-state index in [0.29, 0.717) is 36.0 Å². The normalized spacial score (nSPS) is 31.4. The summed E-state index contributed by atoms with van der Waals surface area (Å²) >= 11 is 6.40. The number of carbonyl (C=O) groups is 1. The molecule has 2 aromatic rings. The molecule has 0 unspecified atom stereocenters. The number of hydrogen-bond donors (Lipinski definition) is 1. The number of aryl methyl sites for hydroxylation is 1. The van der Waals surface area contributed by atoms with Gasteiger partial charge >= 0.3 is 0 Å². The van der Waals surface area contributed by atoms with Crippen molar-refractivity contribution in [2.24, 2.45) is 23.7 Å². The van der Waals surface area contributed by atoms with Crippen molar-refractivity contribution in [2.45, 2.75) is 83.1 Å². The second kappa shape index (κ2) is 15.7. The van der Waals surface area contributed by atoms with Crippen LogP contribution in [-0.2, 0) is 27.8 Å². The molecule has 0 radical (unpaired) electrons. The fourth-order valence-corrected chi connectivity index (χ4v) is 10.6. The number of nitrogens with one attached hydrogen (secondary N) is 1. The van der Waals surface area contributed by atoms with Crippen LogP contribution in [0.2, 0.25) is 5.02 Å². The Hall–Kier alpha value is -2.37. The van der Waals surface area contributed by atoms with Crippen LogP contribution in [-0.4, -0.2) is 94.4 Å². The smallest absolute Gasteiger partial charge is 0.264 e. The molecule has 50 heavy (non-hydrogen) atoms. The number of amides is 1. The first-order valence-electron chi connectivity index (χ1n) is 19.0. The number of nitrogens with zero attached hydrogens (tertiary/aromatic N) is 3. The summed E-state index contributed by atoms with van der Waals surface area (Å²) in [5.74, 6) is 1.79. The molecular weight excluding hydrogens is 672 g/mol. The molecule has 4 aliphatic heterocycles. The van der Waals surface area contributed by atoms with E-state index in [1.165, 1.54) is 18.4 Å². The molecule has 2 aromatic carbocycles. The van der Waals surface area contributed by atoms with Crippen molar-refractivity contribution >= 4 is 33.2 Å². The first-order chi connectivity index (χ1) is 24.1. The number of piperazine rings is 1. The van der Waals surface area contributed by atoms with Crippen molar-refractivity contribution in [3.63, 3.8) is 0 Å². The minimum absolute atomic E-state index is 0.0666. The van der Waals surface area contributed by atoms with Gasteiger partial charge in [0.05, 0.1) is 24.2 Å². The predicted molar refractivity (Wildman–Crippen MR) is 199 cm³/mol. The van der Waals surface area contributed by atoms with Gasteiger partial charge in [0.1, 0.15) is 12.4 Å². The highest BCUT2D eigenvalue weighted by atomic mass is 35.5. The second-order valence-corrected chi connectivity index (χ2v) is 18.1. The van der Waals surface area contributed by atoms with Gasteiger partial charge in [-0.3, -0.25) is 9.69 Å². The summed E-state index contributed by atoms with van der Waals surface area (Å²) in [5.41, 5.74) is 3.53. The van der Waals surface area contributed by atoms with Crippen LogP contribution in [0.4, 0.5) is 5.69 Å². The molecule has 11 heteroatoms. The van der Waals surface area contributed by atoms with Gasteiger partial charge < -0.3 is 19.3 Å². The van der Waals surface area contributed by atoms with Gasteiger partial charge in [-0.25, -0.2) is 13.1 Å². The van der Waals surface area contributed by atoms with Gasteiger partial charge in [-0.1, -0.05) is 31.0 Å². The first kappa shape index (κ1) is 36.0. The van der Waals surface area contributed by atoms with Crippen LogP contribution >= 0.6 is 11.6 Å². The summed E-state index contributed by atoms with van der Waals surface area (Å²) in [6.07, 6.45) is 8.27. The summed E-state index contributed by atoms with van der Waals surface area (Å²) in [6.45, 7) is 13.0. The van der Waals surface area contributed by atoms with Crippen molar-refractivity contribution in [2.75, 3.05) is 63.9 Å². The van der Waals surface area contributed by atoms with E-state index in [4.69, 9.17) is 21.1 Å². The van der Waals surface area contributed by atoms with Gasteiger partial charge in [0.2, 0.25) is 10.0 Å². The lowest BCUT2D eigenvalue weighted by molar-refractivity contribution is -0.0519. The fraction of sp³-hybridized carbons (Fsp3) is 0.667. The number of anilines is 1. The number of carbonyl (C=O) groups excluding carboxylic acids is 1. The highest BCUT2D eigenvalue weighted by molar-refractivity contribution is 7.90. The van der Waals surface area contributed by atoms with Crippen LogP contribution in [0.5, 0.6) is 5.75 Å². The number of fused-ring (bicyclic) bond motifs is 4. The number of ether oxygens (including phenoxy) is 2. The molecule has 2 bridgehead atoms. The molecule has 0 spiro atoms. The summed E-state index contributed by atoms with van der Waals surface area (Å²) in [5, 5.41) is 0.0563. The Kier molecular flexibility index (Phi) is 11.3. The largest absolute Gasteiger partial charge is 0.487 e. The Morgan fingerprint density at radius 2 is 1.80 bits per heavy atom. The van der Waals surface area contributed by atoms with Crippen molar-refractivity contribution in [1.82, 2.24) is 14.5 Å². The van der Waals surface area contributed by atoms with Gasteiger partial charge in [-0.05, 0) is 117 Å². The maximum Gasteiger partial charge on any atom is 0.264 e. The van der Waals surface area contributed by atoms with Crippen LogP contribution in [0.3, 0.4) is 0 Å². The Morgan fingerprint density at radius 1 is 0.920 bits per heavy atom. The SMILES string of the molecule is C[C@@H]1[C@@H](C)CCC[C@@H](CN2CCN3CCOC[C@H]3C2)[C@@H]2CC[C@H]2CN2CCCCc3cc(Cl)ccc3COc3ccc(cc32)C(=O)NS1(=O)=O. The number of hydrogen-bond acceptors (Lipinski definition) is 8. The highest BCUT2D eigenvalue weighted by Crippen LogP contribution is 2.45. The molecule has 1 saturated carbocycles. The number of benzene rings is 2. The van der Waals surface area contributed by atoms with Crippen molar-refractivity contribution in [1.29, 1.82) is 0 Å². The molecule has 1 aliphatic carbocycles. The minimum Gasteiger partial charge on any atom is -0.487 e. The van der Waals surface area contributed by atoms with E-state index in [9.17, 15) is 13.2 Å². The topological polar surface area (TPSA) is 91.4 Å². The third-order valence-electron chi connectivity index (χ3n) is 12.5. The third-order valence-corrected chi connectivity index (χ3v) is 14.7. The standard InChI is InChI=1S/C39H55ClN4O5S/c1-27-6-5-8-31(22-42-16-17-43-18-19-48-26-35(43)24-42)36-13-10-32(36)23-44-15-4-3-7-29-20-34(40)12-9-33(29)25-49-38-14-11-30(21-37(38)44)39(45)41-50(46,47)28(27)2/h9,11-12,14,20-21,27-28,31-32,35-36H,3-8,10,13,15-19,22-26H2,1-2H3,(H,41,45)/t27-,28+,31-,32-,35+,36-/m0/s1. The van der Waals surface area contributed by atoms with Crippen LogP contribution in [0.1, 0.15) is 80.3 Å². The quantitative estimate of drug-likeness (QED) is 0.404. The summed E-state index contributed by atoms with van der Waals surface area (Å²) < 4.78 is 41.9. The second-order valence-electron chi connectivity index (χ2n) is 15.7. The molecule has 6 atom stereocenters. The molecule has 3 fully saturated rings. The molecule has 1 amide bonds. The predicted octanol–water partition coefficient (Wildman–Crippen LogP) is 5.99. The fourth-order valence-electron chi connectivity index (χ4n) is 9.08. The van der Waals surface area contributed by atoms with Gasteiger partial charge in [0.15, 0.2) is 0 Å². The maximum atomic E-state index is 13.6. The maximum absolute atomic E-state index is 13.6. The average molecular weight is 727 g/mol. The van der Waals surface area contributed by atoms with E-state index in [2.05, 4.69) is 25.5 Å². The van der Waals surface area contributed by atoms with Crippen LogP contribution in [0.15, 0.2) is 36.4 Å². The van der Waals surface area contributed by atoms with E-state index in [1.54, 1.807) is 13.0 Å².